The summed E-state index contributed by atoms with van der Waals surface area (Å²) < 4.78 is 68.9. The van der Waals surface area contributed by atoms with Crippen LogP contribution in [0.3, 0.4) is 0 Å². The van der Waals surface area contributed by atoms with Crippen LogP contribution in [0.2, 0.25) is 0 Å². The van der Waals surface area contributed by atoms with E-state index in [9.17, 15) is 43.2 Å². The molecular weight excluding hydrogens is 1390 g/mol. The number of phosphoric acid groups is 2. The maximum Gasteiger partial charge on any atom is 0.472 e. The topological polar surface area (TPSA) is 237 Å². The summed E-state index contributed by atoms with van der Waals surface area (Å²) in [5, 5.41) is 10.7. The number of ether oxygens (including phenoxy) is 4. The smallest absolute Gasteiger partial charge is 0.462 e. The zero-order valence-electron chi connectivity index (χ0n) is 70.5. The highest BCUT2D eigenvalue weighted by atomic mass is 31.2. The van der Waals surface area contributed by atoms with E-state index < -0.39 is 97.5 Å². The van der Waals surface area contributed by atoms with Crippen molar-refractivity contribution < 1.29 is 80.2 Å². The van der Waals surface area contributed by atoms with Crippen LogP contribution >= 0.6 is 15.6 Å². The fourth-order valence-electron chi connectivity index (χ4n) is 13.7. The summed E-state index contributed by atoms with van der Waals surface area (Å²) in [6.45, 7) is 9.77. The van der Waals surface area contributed by atoms with Crippen LogP contribution in [-0.2, 0) is 65.4 Å². The largest absolute Gasteiger partial charge is 0.472 e. The molecule has 0 aliphatic carbocycles. The lowest BCUT2D eigenvalue weighted by Gasteiger charge is -2.21. The van der Waals surface area contributed by atoms with E-state index in [0.717, 1.165) is 102 Å². The lowest BCUT2D eigenvalue weighted by molar-refractivity contribution is -0.161. The van der Waals surface area contributed by atoms with Crippen molar-refractivity contribution in [3.05, 3.63) is 0 Å². The Hall–Kier alpha value is -1.94. The number of hydrogen-bond acceptors (Lipinski definition) is 15. The third-order valence-corrected chi connectivity index (χ3v) is 23.3. The normalized spacial score (nSPS) is 14.3. The summed E-state index contributed by atoms with van der Waals surface area (Å²) >= 11 is 0. The molecule has 0 heterocycles. The molecule has 17 nitrogen and oxygen atoms in total. The highest BCUT2D eigenvalue weighted by Gasteiger charge is 2.31. The molecule has 19 heteroatoms. The molecule has 0 fully saturated rings. The molecule has 0 aromatic heterocycles. The average molecular weight is 1560 g/mol. The minimum absolute atomic E-state index is 0.108. The minimum Gasteiger partial charge on any atom is -0.462 e. The standard InChI is InChI=1S/C88H172O17P2/c1-7-11-13-15-17-19-20-21-22-23-24-25-26-27-28-29-37-42-48-54-60-66-72-88(93)105-84(77-99-86(91)71-65-59-53-47-41-36-32-30-34-39-45-50-56-62-68-80(5)9-3)79-103-107(96,97)101-75-82(89)74-100-106(94,95)102-78-83(76-98-85(90)70-64-58-52-44-18-16-14-12-8-2)104-87(92)73-67-61-55-49-43-38-33-31-35-40-46-51-57-63-69-81(6)10-4/h80-84,89H,7-79H2,1-6H3,(H,94,95)(H,96,97)/t80?,81?,82-,83+,84+/m0/s1. The van der Waals surface area contributed by atoms with Gasteiger partial charge in [0, 0.05) is 25.7 Å². The molecule has 0 rings (SSSR count). The molecule has 636 valence electrons. The average Bonchev–Trinajstić information content (AvgIpc) is 0.905. The summed E-state index contributed by atoms with van der Waals surface area (Å²) in [6, 6.07) is 0. The molecule has 3 N–H and O–H groups in total. The van der Waals surface area contributed by atoms with Gasteiger partial charge in [-0.1, -0.05) is 420 Å². The van der Waals surface area contributed by atoms with Crippen molar-refractivity contribution in [1.82, 2.24) is 0 Å². The third-order valence-electron chi connectivity index (χ3n) is 21.4. The Kier molecular flexibility index (Phi) is 77.9. The second kappa shape index (κ2) is 79.3. The first-order valence-corrected chi connectivity index (χ1v) is 48.6. The van der Waals surface area contributed by atoms with Crippen LogP contribution in [0, 0.1) is 11.8 Å². The monoisotopic (exact) mass is 1560 g/mol. The Morgan fingerprint density at radius 3 is 0.664 bits per heavy atom. The van der Waals surface area contributed by atoms with Gasteiger partial charge in [0.25, 0.3) is 0 Å². The van der Waals surface area contributed by atoms with E-state index in [0.29, 0.717) is 25.7 Å². The molecule has 0 radical (unpaired) electrons. The predicted octanol–water partition coefficient (Wildman–Crippen LogP) is 27.0. The Bertz CT molecular complexity index is 2050. The van der Waals surface area contributed by atoms with Crippen LogP contribution in [-0.4, -0.2) is 96.7 Å². The molecule has 7 atom stereocenters. The number of carbonyl (C=O) groups is 4. The number of rotatable bonds is 87. The van der Waals surface area contributed by atoms with Crippen molar-refractivity contribution in [3.8, 4) is 0 Å². The number of unbranched alkanes of at least 4 members (excludes halogenated alkanes) is 55. The maximum atomic E-state index is 13.2. The molecule has 0 aliphatic heterocycles. The molecular formula is C88H172O17P2. The van der Waals surface area contributed by atoms with E-state index in [2.05, 4.69) is 41.5 Å². The van der Waals surface area contributed by atoms with E-state index in [4.69, 9.17) is 37.0 Å². The fourth-order valence-corrected chi connectivity index (χ4v) is 15.3. The fraction of sp³-hybridized carbons (Fsp3) is 0.955. The summed E-state index contributed by atoms with van der Waals surface area (Å²) in [4.78, 5) is 73.2. The lowest BCUT2D eigenvalue weighted by atomic mass is 9.99. The summed E-state index contributed by atoms with van der Waals surface area (Å²) in [5.74, 6) is -0.405. The Morgan fingerprint density at radius 1 is 0.262 bits per heavy atom. The Morgan fingerprint density at radius 2 is 0.449 bits per heavy atom. The van der Waals surface area contributed by atoms with Gasteiger partial charge in [0.1, 0.15) is 19.3 Å². The van der Waals surface area contributed by atoms with Crippen LogP contribution < -0.4 is 0 Å². The number of carbonyl (C=O) groups excluding carboxylic acids is 4. The highest BCUT2D eigenvalue weighted by Crippen LogP contribution is 2.45. The molecule has 0 saturated heterocycles. The van der Waals surface area contributed by atoms with Crippen molar-refractivity contribution >= 4 is 39.5 Å². The van der Waals surface area contributed by atoms with Crippen molar-refractivity contribution in [1.29, 1.82) is 0 Å². The summed E-state index contributed by atoms with van der Waals surface area (Å²) in [5.41, 5.74) is 0. The van der Waals surface area contributed by atoms with Crippen molar-refractivity contribution in [2.75, 3.05) is 39.6 Å². The molecule has 0 spiro atoms. The van der Waals surface area contributed by atoms with Gasteiger partial charge >= 0.3 is 39.5 Å². The van der Waals surface area contributed by atoms with Crippen LogP contribution in [0.4, 0.5) is 0 Å². The second-order valence-electron chi connectivity index (χ2n) is 32.1. The molecule has 0 saturated carbocycles. The van der Waals surface area contributed by atoms with Gasteiger partial charge in [-0.15, -0.1) is 0 Å². The molecule has 0 bridgehead atoms. The molecule has 0 aliphatic rings. The van der Waals surface area contributed by atoms with E-state index in [-0.39, 0.29) is 25.7 Å². The van der Waals surface area contributed by atoms with Crippen LogP contribution in [0.15, 0.2) is 0 Å². The van der Waals surface area contributed by atoms with Gasteiger partial charge in [-0.3, -0.25) is 37.3 Å². The lowest BCUT2D eigenvalue weighted by Crippen LogP contribution is -2.30. The number of aliphatic hydroxyl groups excluding tert-OH is 1. The molecule has 4 unspecified atom stereocenters. The van der Waals surface area contributed by atoms with Crippen LogP contribution in [0.1, 0.15) is 472 Å². The Balaban J connectivity index is 5.20. The van der Waals surface area contributed by atoms with E-state index in [1.54, 1.807) is 0 Å². The quantitative estimate of drug-likeness (QED) is 0.0222. The first kappa shape index (κ1) is 105. The molecule has 107 heavy (non-hydrogen) atoms. The SMILES string of the molecule is CCCCCCCCCCCCCCCCCCCCCCCCC(=O)O[C@H](COC(=O)CCCCCCCCCCCCCCCCC(C)CC)COP(=O)(O)OC[C@@H](O)COP(=O)(O)OC[C@@H](COC(=O)CCCCCCCCCCC)OC(=O)CCCCCCCCCCCCCCCCC(C)CC. The zero-order valence-corrected chi connectivity index (χ0v) is 72.2. The van der Waals surface area contributed by atoms with Crippen molar-refractivity contribution in [3.63, 3.8) is 0 Å². The number of esters is 4. The Labute approximate surface area is 658 Å². The highest BCUT2D eigenvalue weighted by molar-refractivity contribution is 7.47. The van der Waals surface area contributed by atoms with E-state index >= 15 is 0 Å². The van der Waals surface area contributed by atoms with Gasteiger partial charge in [0.2, 0.25) is 0 Å². The number of hydrogen-bond donors (Lipinski definition) is 3. The minimum atomic E-state index is -4.97. The maximum absolute atomic E-state index is 13.2. The summed E-state index contributed by atoms with van der Waals surface area (Å²) in [7, 11) is -9.93. The molecule has 0 amide bonds. The van der Waals surface area contributed by atoms with Gasteiger partial charge in [-0.25, -0.2) is 9.13 Å². The predicted molar refractivity (Wildman–Crippen MR) is 442 cm³/mol. The van der Waals surface area contributed by atoms with Gasteiger partial charge in [0.05, 0.1) is 26.4 Å². The summed E-state index contributed by atoms with van der Waals surface area (Å²) in [6.07, 6.45) is 72.2. The van der Waals surface area contributed by atoms with E-state index in [1.807, 2.05) is 0 Å². The number of aliphatic hydroxyl groups is 1. The van der Waals surface area contributed by atoms with Gasteiger partial charge in [-0.05, 0) is 37.5 Å². The number of phosphoric ester groups is 2. The molecule has 0 aromatic carbocycles. The van der Waals surface area contributed by atoms with Gasteiger partial charge in [-0.2, -0.15) is 0 Å². The van der Waals surface area contributed by atoms with Gasteiger partial charge in [0.15, 0.2) is 12.2 Å². The van der Waals surface area contributed by atoms with Crippen LogP contribution in [0.25, 0.3) is 0 Å². The van der Waals surface area contributed by atoms with Crippen LogP contribution in [0.5, 0.6) is 0 Å². The van der Waals surface area contributed by atoms with Gasteiger partial charge < -0.3 is 33.8 Å². The van der Waals surface area contributed by atoms with Crippen molar-refractivity contribution in [2.24, 2.45) is 11.8 Å². The zero-order chi connectivity index (χ0) is 78.5. The molecule has 0 aromatic rings. The third kappa shape index (κ3) is 79.1. The van der Waals surface area contributed by atoms with E-state index in [1.165, 1.54) is 289 Å². The first-order valence-electron chi connectivity index (χ1n) is 45.6. The first-order chi connectivity index (χ1) is 51.9. The second-order valence-corrected chi connectivity index (χ2v) is 35.0. The van der Waals surface area contributed by atoms with Crippen molar-refractivity contribution in [2.45, 2.75) is 490 Å².